The zero-order chi connectivity index (χ0) is 13.7. The van der Waals surface area contributed by atoms with Gasteiger partial charge in [0.15, 0.2) is 0 Å². The minimum Gasteiger partial charge on any atom is -0.469 e. The smallest absolute Gasteiger partial charge is 0.307 e. The number of anilines is 1. The monoisotopic (exact) mass is 259 g/mol. The van der Waals surface area contributed by atoms with Gasteiger partial charge in [-0.1, -0.05) is 0 Å². The van der Waals surface area contributed by atoms with Crippen molar-refractivity contribution in [3.63, 3.8) is 0 Å². The summed E-state index contributed by atoms with van der Waals surface area (Å²) < 4.78 is 4.74. The van der Waals surface area contributed by atoms with Crippen molar-refractivity contribution in [3.05, 3.63) is 29.8 Å². The molecule has 0 aromatic heterocycles. The molecule has 2 rings (SSSR count). The van der Waals surface area contributed by atoms with E-state index < -0.39 is 0 Å². The van der Waals surface area contributed by atoms with Crippen LogP contribution in [0.3, 0.4) is 0 Å². The summed E-state index contributed by atoms with van der Waals surface area (Å²) in [5, 5.41) is 12.1. The molecular weight excluding hydrogens is 242 g/mol. The van der Waals surface area contributed by atoms with E-state index in [1.54, 1.807) is 12.1 Å². The van der Waals surface area contributed by atoms with Crippen molar-refractivity contribution in [3.8, 4) is 6.07 Å². The highest BCUT2D eigenvalue weighted by atomic mass is 16.5. The molecule has 1 aromatic carbocycles. The molecule has 0 amide bonds. The maximum Gasteiger partial charge on any atom is 0.307 e. The molecule has 0 aliphatic carbocycles. The quantitative estimate of drug-likeness (QED) is 0.817. The van der Waals surface area contributed by atoms with Crippen molar-refractivity contribution in [1.29, 1.82) is 5.26 Å². The lowest BCUT2D eigenvalue weighted by Gasteiger charge is -2.37. The van der Waals surface area contributed by atoms with Gasteiger partial charge in [0.25, 0.3) is 0 Å². The van der Waals surface area contributed by atoms with E-state index in [2.05, 4.69) is 16.3 Å². The molecule has 0 bridgehead atoms. The zero-order valence-corrected chi connectivity index (χ0v) is 10.9. The van der Waals surface area contributed by atoms with Crippen LogP contribution >= 0.6 is 0 Å². The summed E-state index contributed by atoms with van der Waals surface area (Å²) in [5.41, 5.74) is 1.68. The Balaban J connectivity index is 2.14. The van der Waals surface area contributed by atoms with E-state index in [-0.39, 0.29) is 12.0 Å². The van der Waals surface area contributed by atoms with Gasteiger partial charge in [0.2, 0.25) is 0 Å². The lowest BCUT2D eigenvalue weighted by molar-refractivity contribution is -0.141. The van der Waals surface area contributed by atoms with Gasteiger partial charge in [0.05, 0.1) is 31.2 Å². The summed E-state index contributed by atoms with van der Waals surface area (Å²) >= 11 is 0. The average Bonchev–Trinajstić information content (AvgIpc) is 2.48. The van der Waals surface area contributed by atoms with Crippen molar-refractivity contribution >= 4 is 11.7 Å². The van der Waals surface area contributed by atoms with Crippen LogP contribution in [0.15, 0.2) is 24.3 Å². The molecule has 0 saturated carbocycles. The van der Waals surface area contributed by atoms with Gasteiger partial charge in [-0.05, 0) is 24.3 Å². The fourth-order valence-electron chi connectivity index (χ4n) is 2.29. The number of piperazine rings is 1. The van der Waals surface area contributed by atoms with Crippen molar-refractivity contribution in [2.24, 2.45) is 0 Å². The molecule has 1 saturated heterocycles. The van der Waals surface area contributed by atoms with E-state index in [9.17, 15) is 4.79 Å². The Morgan fingerprint density at radius 2 is 2.26 bits per heavy atom. The van der Waals surface area contributed by atoms with Crippen molar-refractivity contribution < 1.29 is 9.53 Å². The third kappa shape index (κ3) is 3.24. The molecule has 0 spiro atoms. The van der Waals surface area contributed by atoms with Crippen molar-refractivity contribution in [1.82, 2.24) is 5.32 Å². The van der Waals surface area contributed by atoms with Crippen LogP contribution in [0.4, 0.5) is 5.69 Å². The maximum atomic E-state index is 11.4. The summed E-state index contributed by atoms with van der Waals surface area (Å²) in [4.78, 5) is 13.6. The number of methoxy groups -OCH3 is 1. The van der Waals surface area contributed by atoms with E-state index in [0.29, 0.717) is 12.0 Å². The van der Waals surface area contributed by atoms with E-state index in [1.165, 1.54) is 7.11 Å². The Kier molecular flexibility index (Phi) is 4.37. The second-order valence-electron chi connectivity index (χ2n) is 4.49. The molecule has 1 aromatic rings. The molecule has 19 heavy (non-hydrogen) atoms. The van der Waals surface area contributed by atoms with E-state index in [0.717, 1.165) is 25.3 Å². The number of nitriles is 1. The van der Waals surface area contributed by atoms with Gasteiger partial charge < -0.3 is 15.0 Å². The number of nitrogens with zero attached hydrogens (tertiary/aromatic N) is 2. The Morgan fingerprint density at radius 1 is 1.53 bits per heavy atom. The summed E-state index contributed by atoms with van der Waals surface area (Å²) in [5.74, 6) is -0.202. The first-order valence-electron chi connectivity index (χ1n) is 6.29. The number of rotatable bonds is 3. The molecule has 1 atom stereocenters. The van der Waals surface area contributed by atoms with E-state index >= 15 is 0 Å². The fraction of sp³-hybridized carbons (Fsp3) is 0.429. The maximum absolute atomic E-state index is 11.4. The van der Waals surface area contributed by atoms with Crippen LogP contribution in [-0.2, 0) is 9.53 Å². The summed E-state index contributed by atoms with van der Waals surface area (Å²) in [6.45, 7) is 2.49. The molecule has 100 valence electrons. The molecule has 5 nitrogen and oxygen atoms in total. The molecule has 1 fully saturated rings. The number of hydrogen-bond donors (Lipinski definition) is 1. The normalized spacial score (nSPS) is 18.7. The lowest BCUT2D eigenvalue weighted by Crippen LogP contribution is -2.52. The van der Waals surface area contributed by atoms with Crippen LogP contribution < -0.4 is 10.2 Å². The molecule has 1 aliphatic rings. The van der Waals surface area contributed by atoms with Crippen molar-refractivity contribution in [2.75, 3.05) is 31.6 Å². The number of esters is 1. The third-order valence-corrected chi connectivity index (χ3v) is 3.31. The number of carbonyl (C=O) groups excluding carboxylic acids is 1. The number of benzene rings is 1. The predicted octanol–water partition coefficient (Wildman–Crippen LogP) is 0.900. The van der Waals surface area contributed by atoms with Crippen LogP contribution in [0, 0.1) is 11.3 Å². The Bertz CT molecular complexity index is 478. The summed E-state index contributed by atoms with van der Waals surface area (Å²) in [7, 11) is 1.41. The SMILES string of the molecule is COC(=O)CC1CNCCN1c1ccc(C#N)cc1. The molecule has 1 heterocycles. The number of nitrogens with one attached hydrogen (secondary N) is 1. The van der Waals surface area contributed by atoms with E-state index in [1.807, 2.05) is 12.1 Å². The van der Waals surface area contributed by atoms with Gasteiger partial charge in [-0.3, -0.25) is 4.79 Å². The van der Waals surface area contributed by atoms with Gasteiger partial charge in [0, 0.05) is 25.3 Å². The van der Waals surface area contributed by atoms with Gasteiger partial charge >= 0.3 is 5.97 Å². The molecule has 1 unspecified atom stereocenters. The highest BCUT2D eigenvalue weighted by Crippen LogP contribution is 2.20. The topological polar surface area (TPSA) is 65.4 Å². The first-order valence-corrected chi connectivity index (χ1v) is 6.29. The fourth-order valence-corrected chi connectivity index (χ4v) is 2.29. The van der Waals surface area contributed by atoms with Crippen LogP contribution in [0.5, 0.6) is 0 Å². The minimum absolute atomic E-state index is 0.0918. The molecule has 1 N–H and O–H groups in total. The second-order valence-corrected chi connectivity index (χ2v) is 4.49. The Hall–Kier alpha value is -2.06. The lowest BCUT2D eigenvalue weighted by atomic mass is 10.1. The highest BCUT2D eigenvalue weighted by molar-refractivity contribution is 5.71. The van der Waals surface area contributed by atoms with Crippen LogP contribution in [0.1, 0.15) is 12.0 Å². The standard InChI is InChI=1S/C14H17N3O2/c1-19-14(18)8-13-10-16-6-7-17(13)12-4-2-11(9-15)3-5-12/h2-5,13,16H,6-8,10H2,1H3. The van der Waals surface area contributed by atoms with E-state index in [4.69, 9.17) is 10.00 Å². The van der Waals surface area contributed by atoms with Crippen molar-refractivity contribution in [2.45, 2.75) is 12.5 Å². The van der Waals surface area contributed by atoms with Crippen LogP contribution in [0.2, 0.25) is 0 Å². The predicted molar refractivity (Wildman–Crippen MR) is 71.8 cm³/mol. The minimum atomic E-state index is -0.202. The van der Waals surface area contributed by atoms with Gasteiger partial charge in [0.1, 0.15) is 0 Å². The number of carbonyl (C=O) groups is 1. The summed E-state index contributed by atoms with van der Waals surface area (Å²) in [6.07, 6.45) is 0.365. The number of ether oxygens (including phenoxy) is 1. The Labute approximate surface area is 112 Å². The molecule has 0 radical (unpaired) electrons. The highest BCUT2D eigenvalue weighted by Gasteiger charge is 2.25. The Morgan fingerprint density at radius 3 is 2.89 bits per heavy atom. The second kappa shape index (κ2) is 6.21. The molecule has 1 aliphatic heterocycles. The van der Waals surface area contributed by atoms with Crippen LogP contribution in [0.25, 0.3) is 0 Å². The first kappa shape index (κ1) is 13.4. The number of hydrogen-bond acceptors (Lipinski definition) is 5. The van der Waals surface area contributed by atoms with Crippen LogP contribution in [-0.4, -0.2) is 38.8 Å². The first-order chi connectivity index (χ1) is 9.24. The van der Waals surface area contributed by atoms with Gasteiger partial charge in [-0.2, -0.15) is 5.26 Å². The molecular formula is C14H17N3O2. The summed E-state index contributed by atoms with van der Waals surface area (Å²) in [6, 6.07) is 9.64. The zero-order valence-electron chi connectivity index (χ0n) is 10.9. The third-order valence-electron chi connectivity index (χ3n) is 3.31. The largest absolute Gasteiger partial charge is 0.469 e. The van der Waals surface area contributed by atoms with Gasteiger partial charge in [-0.25, -0.2) is 0 Å². The van der Waals surface area contributed by atoms with Gasteiger partial charge in [-0.15, -0.1) is 0 Å². The average molecular weight is 259 g/mol. The molecule has 5 heteroatoms.